The number of carbonyl (C=O) groups is 1. The van der Waals surface area contributed by atoms with E-state index in [0.717, 1.165) is 17.8 Å². The van der Waals surface area contributed by atoms with Crippen LogP contribution in [0.1, 0.15) is 5.56 Å². The largest absolute Gasteiger partial charge is 0.418 e. The summed E-state index contributed by atoms with van der Waals surface area (Å²) in [6, 6.07) is 4.80. The van der Waals surface area contributed by atoms with Crippen LogP contribution in [0.4, 0.5) is 18.9 Å². The first-order valence-electron chi connectivity index (χ1n) is 5.69. The summed E-state index contributed by atoms with van der Waals surface area (Å²) in [7, 11) is 1.60. The van der Waals surface area contributed by atoms with Gasteiger partial charge in [-0.25, -0.2) is 4.68 Å². The smallest absolute Gasteiger partial charge is 0.325 e. The minimum absolute atomic E-state index is 0.0968. The van der Waals surface area contributed by atoms with Gasteiger partial charge >= 0.3 is 6.18 Å². The van der Waals surface area contributed by atoms with Gasteiger partial charge in [0.2, 0.25) is 11.1 Å². The molecular weight excluding hydrogens is 307 g/mol. The number of hydrogen-bond donors (Lipinski definition) is 1. The lowest BCUT2D eigenvalue weighted by atomic mass is 10.1. The molecule has 112 valence electrons. The molecule has 0 unspecified atom stereocenters. The average molecular weight is 317 g/mol. The number of anilines is 1. The van der Waals surface area contributed by atoms with E-state index in [-0.39, 0.29) is 11.4 Å². The molecule has 0 bridgehead atoms. The number of tetrazole rings is 1. The molecule has 1 amide bonds. The third-order valence-electron chi connectivity index (χ3n) is 2.42. The number of aryl methyl sites for hydroxylation is 1. The lowest BCUT2D eigenvalue weighted by molar-refractivity contribution is -0.137. The number of nitrogens with one attached hydrogen (secondary N) is 1. The number of hydrogen-bond acceptors (Lipinski definition) is 5. The summed E-state index contributed by atoms with van der Waals surface area (Å²) in [5, 5.41) is 13.3. The second kappa shape index (κ2) is 6.12. The minimum Gasteiger partial charge on any atom is -0.325 e. The van der Waals surface area contributed by atoms with Crippen LogP contribution >= 0.6 is 11.8 Å². The molecule has 6 nitrogen and oxygen atoms in total. The van der Waals surface area contributed by atoms with Gasteiger partial charge in [-0.05, 0) is 22.6 Å². The second-order valence-electron chi connectivity index (χ2n) is 3.97. The van der Waals surface area contributed by atoms with E-state index in [1.807, 2.05) is 0 Å². The monoisotopic (exact) mass is 317 g/mol. The van der Waals surface area contributed by atoms with E-state index in [1.165, 1.54) is 22.9 Å². The quantitative estimate of drug-likeness (QED) is 0.873. The molecule has 0 radical (unpaired) electrons. The Morgan fingerprint density at radius 1 is 1.38 bits per heavy atom. The summed E-state index contributed by atoms with van der Waals surface area (Å²) in [4.78, 5) is 11.7. The van der Waals surface area contributed by atoms with Gasteiger partial charge in [0.25, 0.3) is 0 Å². The van der Waals surface area contributed by atoms with Crippen LogP contribution in [-0.4, -0.2) is 31.9 Å². The molecule has 0 saturated heterocycles. The van der Waals surface area contributed by atoms with Gasteiger partial charge < -0.3 is 5.32 Å². The number of rotatable bonds is 4. The predicted octanol–water partition coefficient (Wildman–Crippen LogP) is 1.96. The van der Waals surface area contributed by atoms with Gasteiger partial charge in [-0.15, -0.1) is 5.10 Å². The molecule has 0 fully saturated rings. The van der Waals surface area contributed by atoms with Gasteiger partial charge in [-0.3, -0.25) is 4.79 Å². The van der Waals surface area contributed by atoms with Crippen molar-refractivity contribution >= 4 is 23.4 Å². The molecule has 1 N–H and O–H groups in total. The van der Waals surface area contributed by atoms with Crippen LogP contribution < -0.4 is 5.32 Å². The Morgan fingerprint density at radius 2 is 2.10 bits per heavy atom. The second-order valence-corrected chi connectivity index (χ2v) is 4.91. The zero-order chi connectivity index (χ0) is 15.5. The maximum Gasteiger partial charge on any atom is 0.418 e. The molecule has 2 aromatic rings. The fourth-order valence-corrected chi connectivity index (χ4v) is 2.15. The number of para-hydroxylation sites is 1. The molecule has 0 aliphatic rings. The molecule has 1 heterocycles. The Hall–Kier alpha value is -2.10. The van der Waals surface area contributed by atoms with E-state index < -0.39 is 17.6 Å². The van der Waals surface area contributed by atoms with E-state index in [4.69, 9.17) is 0 Å². The highest BCUT2D eigenvalue weighted by Crippen LogP contribution is 2.34. The van der Waals surface area contributed by atoms with Crippen LogP contribution in [-0.2, 0) is 18.0 Å². The van der Waals surface area contributed by atoms with Crippen molar-refractivity contribution in [2.24, 2.45) is 7.05 Å². The Bertz CT molecular complexity index is 643. The van der Waals surface area contributed by atoms with Crippen molar-refractivity contribution < 1.29 is 18.0 Å². The number of benzene rings is 1. The van der Waals surface area contributed by atoms with Crippen molar-refractivity contribution in [2.45, 2.75) is 11.3 Å². The summed E-state index contributed by atoms with van der Waals surface area (Å²) in [6.07, 6.45) is -4.52. The lowest BCUT2D eigenvalue weighted by Crippen LogP contribution is -2.18. The third-order valence-corrected chi connectivity index (χ3v) is 3.43. The highest BCUT2D eigenvalue weighted by Gasteiger charge is 2.33. The Morgan fingerprint density at radius 3 is 2.71 bits per heavy atom. The lowest BCUT2D eigenvalue weighted by Gasteiger charge is -2.13. The first-order chi connectivity index (χ1) is 9.88. The first kappa shape index (κ1) is 15.3. The van der Waals surface area contributed by atoms with Gasteiger partial charge in [0.05, 0.1) is 17.0 Å². The van der Waals surface area contributed by atoms with E-state index >= 15 is 0 Å². The van der Waals surface area contributed by atoms with Crippen LogP contribution in [0.5, 0.6) is 0 Å². The van der Waals surface area contributed by atoms with Gasteiger partial charge in [-0.2, -0.15) is 13.2 Å². The average Bonchev–Trinajstić information content (AvgIpc) is 2.81. The van der Waals surface area contributed by atoms with Gasteiger partial charge in [0.1, 0.15) is 0 Å². The van der Waals surface area contributed by atoms with Gasteiger partial charge in [0, 0.05) is 7.05 Å². The van der Waals surface area contributed by atoms with Gasteiger partial charge in [-0.1, -0.05) is 23.9 Å². The van der Waals surface area contributed by atoms with Crippen molar-refractivity contribution in [3.8, 4) is 0 Å². The predicted molar refractivity (Wildman–Crippen MR) is 69.6 cm³/mol. The summed E-state index contributed by atoms with van der Waals surface area (Å²) in [6.45, 7) is 0. The molecule has 1 aromatic carbocycles. The highest BCUT2D eigenvalue weighted by atomic mass is 32.2. The van der Waals surface area contributed by atoms with Crippen LogP contribution in [0.2, 0.25) is 0 Å². The third kappa shape index (κ3) is 3.94. The molecule has 0 aliphatic carbocycles. The fraction of sp³-hybridized carbons (Fsp3) is 0.273. The summed E-state index contributed by atoms with van der Waals surface area (Å²) in [5.74, 6) is -0.667. The number of thioether (sulfide) groups is 1. The Balaban J connectivity index is 2.02. The Kier molecular flexibility index (Phi) is 4.46. The van der Waals surface area contributed by atoms with Crippen molar-refractivity contribution in [2.75, 3.05) is 11.1 Å². The van der Waals surface area contributed by atoms with Crippen molar-refractivity contribution in [1.82, 2.24) is 20.2 Å². The van der Waals surface area contributed by atoms with Crippen LogP contribution in [0.25, 0.3) is 0 Å². The van der Waals surface area contributed by atoms with Gasteiger partial charge in [0.15, 0.2) is 0 Å². The van der Waals surface area contributed by atoms with Crippen molar-refractivity contribution in [1.29, 1.82) is 0 Å². The van der Waals surface area contributed by atoms with Crippen LogP contribution in [0.3, 0.4) is 0 Å². The van der Waals surface area contributed by atoms with Crippen molar-refractivity contribution in [3.05, 3.63) is 29.8 Å². The molecule has 1 aromatic heterocycles. The molecule has 0 aliphatic heterocycles. The molecule has 0 saturated carbocycles. The normalized spacial score (nSPS) is 11.4. The van der Waals surface area contributed by atoms with E-state index in [9.17, 15) is 18.0 Å². The summed E-state index contributed by atoms with van der Waals surface area (Å²) < 4.78 is 39.7. The van der Waals surface area contributed by atoms with E-state index in [0.29, 0.717) is 5.16 Å². The van der Waals surface area contributed by atoms with Crippen LogP contribution in [0, 0.1) is 0 Å². The molecule has 0 spiro atoms. The number of amides is 1. The maximum absolute atomic E-state index is 12.8. The fourth-order valence-electron chi connectivity index (χ4n) is 1.50. The minimum atomic E-state index is -4.52. The molecular formula is C11H10F3N5OS. The number of aromatic nitrogens is 4. The van der Waals surface area contributed by atoms with E-state index in [1.54, 1.807) is 7.05 Å². The summed E-state index contributed by atoms with van der Waals surface area (Å²) in [5.41, 5.74) is -1.16. The molecule has 0 atom stereocenters. The summed E-state index contributed by atoms with van der Waals surface area (Å²) >= 11 is 1.03. The number of carbonyl (C=O) groups excluding carboxylic acids is 1. The Labute approximate surface area is 121 Å². The number of nitrogens with zero attached hydrogens (tertiary/aromatic N) is 4. The number of halogens is 3. The SMILES string of the molecule is Cn1nnnc1SCC(=O)Nc1ccccc1C(F)(F)F. The molecule has 21 heavy (non-hydrogen) atoms. The highest BCUT2D eigenvalue weighted by molar-refractivity contribution is 7.99. The standard InChI is InChI=1S/C11H10F3N5OS/c1-19-10(16-17-18-19)21-6-9(20)15-8-5-3-2-4-7(8)11(12,13)14/h2-5H,6H2,1H3,(H,15,20). The zero-order valence-corrected chi connectivity index (χ0v) is 11.6. The molecule has 10 heteroatoms. The van der Waals surface area contributed by atoms with Crippen LogP contribution in [0.15, 0.2) is 29.4 Å². The topological polar surface area (TPSA) is 72.7 Å². The zero-order valence-electron chi connectivity index (χ0n) is 10.8. The molecule has 2 rings (SSSR count). The number of alkyl halides is 3. The maximum atomic E-state index is 12.8. The van der Waals surface area contributed by atoms with E-state index in [2.05, 4.69) is 20.8 Å². The van der Waals surface area contributed by atoms with Crippen molar-refractivity contribution in [3.63, 3.8) is 0 Å². The first-order valence-corrected chi connectivity index (χ1v) is 6.67.